The number of thiophene rings is 1. The topological polar surface area (TPSA) is 65.8 Å². The Hall–Kier alpha value is -1.62. The Morgan fingerprint density at radius 1 is 1.40 bits per heavy atom. The number of amides is 1. The van der Waals surface area contributed by atoms with Crippen LogP contribution in [0.1, 0.15) is 42.9 Å². The van der Waals surface area contributed by atoms with Crippen LogP contribution in [0, 0.1) is 18.3 Å². The largest absolute Gasteiger partial charge is 0.444 e. The van der Waals surface area contributed by atoms with Gasteiger partial charge in [-0.25, -0.2) is 4.79 Å². The number of nitrogens with zero attached hydrogens (tertiary/aromatic N) is 3. The van der Waals surface area contributed by atoms with Crippen molar-refractivity contribution >= 4 is 17.4 Å². The predicted molar refractivity (Wildman–Crippen MR) is 95.6 cm³/mol. The highest BCUT2D eigenvalue weighted by Gasteiger charge is 2.37. The van der Waals surface area contributed by atoms with Crippen LogP contribution < -0.4 is 0 Å². The van der Waals surface area contributed by atoms with E-state index in [0.29, 0.717) is 19.7 Å². The number of hydrogen-bond acceptors (Lipinski definition) is 6. The lowest BCUT2D eigenvalue weighted by Gasteiger charge is -2.46. The van der Waals surface area contributed by atoms with E-state index >= 15 is 0 Å². The molecule has 2 aliphatic rings. The summed E-state index contributed by atoms with van der Waals surface area (Å²) < 4.78 is 11.6. The highest BCUT2D eigenvalue weighted by atomic mass is 32.1. The Kier molecular flexibility index (Phi) is 5.05. The van der Waals surface area contributed by atoms with E-state index in [1.807, 2.05) is 33.1 Å². The number of morpholine rings is 1. The normalized spacial score (nSPS) is 24.5. The second-order valence-corrected chi connectivity index (χ2v) is 8.53. The summed E-state index contributed by atoms with van der Waals surface area (Å²) in [4.78, 5) is 17.2. The smallest absolute Gasteiger partial charge is 0.410 e. The summed E-state index contributed by atoms with van der Waals surface area (Å²) in [5.41, 5.74) is 1.68. The van der Waals surface area contributed by atoms with Crippen molar-refractivity contribution in [3.8, 4) is 6.07 Å². The van der Waals surface area contributed by atoms with Gasteiger partial charge in [-0.15, -0.1) is 11.3 Å². The van der Waals surface area contributed by atoms with Crippen LogP contribution in [-0.4, -0.2) is 60.3 Å². The van der Waals surface area contributed by atoms with E-state index in [1.54, 1.807) is 4.90 Å². The molecule has 0 aliphatic carbocycles. The molecule has 1 aromatic rings. The monoisotopic (exact) mass is 363 g/mol. The van der Waals surface area contributed by atoms with Crippen molar-refractivity contribution in [2.45, 2.75) is 45.4 Å². The summed E-state index contributed by atoms with van der Waals surface area (Å²) in [5, 5.41) is 11.2. The summed E-state index contributed by atoms with van der Waals surface area (Å²) in [6.07, 6.45) is -0.246. The number of ether oxygens (including phenoxy) is 2. The standard InChI is InChI=1S/C18H25N3O3S/c1-12-14(11-25-16(12)7-19)15-9-20-5-6-21(8-13(20)10-23-15)17(22)24-18(2,3)4/h11,13,15H,5-6,8-10H2,1-4H3/t13?,15-/m0/s1. The Balaban J connectivity index is 1.61. The zero-order valence-electron chi connectivity index (χ0n) is 15.2. The van der Waals surface area contributed by atoms with Gasteiger partial charge in [-0.05, 0) is 44.2 Å². The van der Waals surface area contributed by atoms with Crippen LogP contribution in [0.25, 0.3) is 0 Å². The molecule has 3 rings (SSSR count). The molecule has 2 atom stereocenters. The lowest BCUT2D eigenvalue weighted by Crippen LogP contribution is -2.60. The van der Waals surface area contributed by atoms with Gasteiger partial charge in [0.05, 0.1) is 18.8 Å². The lowest BCUT2D eigenvalue weighted by atomic mass is 10.0. The maximum atomic E-state index is 12.3. The third kappa shape index (κ3) is 3.97. The van der Waals surface area contributed by atoms with Gasteiger partial charge in [0.25, 0.3) is 0 Å². The first-order chi connectivity index (χ1) is 11.8. The Labute approximate surface area is 152 Å². The van der Waals surface area contributed by atoms with E-state index in [0.717, 1.165) is 29.1 Å². The fraction of sp³-hybridized carbons (Fsp3) is 0.667. The second kappa shape index (κ2) is 6.94. The van der Waals surface area contributed by atoms with Crippen molar-refractivity contribution < 1.29 is 14.3 Å². The molecule has 0 spiro atoms. The number of carbonyl (C=O) groups excluding carboxylic acids is 1. The number of carbonyl (C=O) groups is 1. The third-order valence-electron chi connectivity index (χ3n) is 4.67. The van der Waals surface area contributed by atoms with Crippen LogP contribution >= 0.6 is 11.3 Å². The molecule has 0 saturated carbocycles. The van der Waals surface area contributed by atoms with Gasteiger partial charge in [-0.2, -0.15) is 5.26 Å². The van der Waals surface area contributed by atoms with Gasteiger partial charge in [0, 0.05) is 26.2 Å². The van der Waals surface area contributed by atoms with Crippen molar-refractivity contribution in [3.05, 3.63) is 21.4 Å². The maximum absolute atomic E-state index is 12.3. The fourth-order valence-corrected chi connectivity index (χ4v) is 4.24. The Morgan fingerprint density at radius 2 is 2.16 bits per heavy atom. The van der Waals surface area contributed by atoms with Gasteiger partial charge in [-0.3, -0.25) is 4.90 Å². The van der Waals surface area contributed by atoms with E-state index in [9.17, 15) is 4.79 Å². The average molecular weight is 363 g/mol. The third-order valence-corrected chi connectivity index (χ3v) is 5.68. The zero-order chi connectivity index (χ0) is 18.2. The highest BCUT2D eigenvalue weighted by molar-refractivity contribution is 7.10. The molecule has 1 unspecified atom stereocenters. The van der Waals surface area contributed by atoms with Crippen LogP contribution in [0.4, 0.5) is 4.79 Å². The Bertz CT molecular complexity index is 689. The molecule has 7 heteroatoms. The van der Waals surface area contributed by atoms with Crippen LogP contribution in [0.3, 0.4) is 0 Å². The molecule has 2 fully saturated rings. The summed E-state index contributed by atoms with van der Waals surface area (Å²) >= 11 is 1.48. The molecular weight excluding hydrogens is 338 g/mol. The molecule has 6 nitrogen and oxygen atoms in total. The average Bonchev–Trinajstić information content (AvgIpc) is 2.93. The molecule has 1 amide bonds. The van der Waals surface area contributed by atoms with Crippen LogP contribution in [0.15, 0.2) is 5.38 Å². The molecule has 136 valence electrons. The summed E-state index contributed by atoms with van der Waals surface area (Å²) in [6.45, 7) is 11.1. The molecule has 0 N–H and O–H groups in total. The minimum atomic E-state index is -0.475. The van der Waals surface area contributed by atoms with Gasteiger partial charge in [-0.1, -0.05) is 0 Å². The van der Waals surface area contributed by atoms with Crippen LogP contribution in [0.5, 0.6) is 0 Å². The zero-order valence-corrected chi connectivity index (χ0v) is 16.1. The van der Waals surface area contributed by atoms with E-state index < -0.39 is 5.60 Å². The van der Waals surface area contributed by atoms with Gasteiger partial charge in [0.15, 0.2) is 0 Å². The van der Waals surface area contributed by atoms with E-state index in [2.05, 4.69) is 11.0 Å². The van der Waals surface area contributed by atoms with Gasteiger partial charge in [0.2, 0.25) is 0 Å². The fourth-order valence-electron chi connectivity index (χ4n) is 3.32. The lowest BCUT2D eigenvalue weighted by molar-refractivity contribution is -0.0906. The first kappa shape index (κ1) is 18.2. The van der Waals surface area contributed by atoms with Gasteiger partial charge >= 0.3 is 6.09 Å². The molecular formula is C18H25N3O3S. The number of nitriles is 1. The maximum Gasteiger partial charge on any atom is 0.410 e. The van der Waals surface area contributed by atoms with Crippen LogP contribution in [0.2, 0.25) is 0 Å². The second-order valence-electron chi connectivity index (χ2n) is 7.65. The van der Waals surface area contributed by atoms with Crippen molar-refractivity contribution in [3.63, 3.8) is 0 Å². The van der Waals surface area contributed by atoms with Crippen molar-refractivity contribution in [2.24, 2.45) is 0 Å². The van der Waals surface area contributed by atoms with E-state index in [-0.39, 0.29) is 18.2 Å². The molecule has 0 radical (unpaired) electrons. The van der Waals surface area contributed by atoms with Crippen LogP contribution in [-0.2, 0) is 9.47 Å². The van der Waals surface area contributed by atoms with Gasteiger partial charge in [0.1, 0.15) is 16.5 Å². The van der Waals surface area contributed by atoms with Crippen molar-refractivity contribution in [2.75, 3.05) is 32.8 Å². The number of piperazine rings is 1. The van der Waals surface area contributed by atoms with E-state index in [4.69, 9.17) is 14.7 Å². The number of rotatable bonds is 1. The SMILES string of the molecule is Cc1c([C@@H]2CN3CCN(C(=O)OC(C)(C)C)CC3CO2)csc1C#N. The van der Waals surface area contributed by atoms with Crippen molar-refractivity contribution in [1.82, 2.24) is 9.80 Å². The summed E-state index contributed by atoms with van der Waals surface area (Å²) in [7, 11) is 0. The van der Waals surface area contributed by atoms with Gasteiger partial charge < -0.3 is 14.4 Å². The number of hydrogen-bond donors (Lipinski definition) is 0. The first-order valence-electron chi connectivity index (χ1n) is 8.60. The molecule has 0 bridgehead atoms. The van der Waals surface area contributed by atoms with Crippen molar-refractivity contribution in [1.29, 1.82) is 5.26 Å². The quantitative estimate of drug-likeness (QED) is 0.767. The molecule has 1 aromatic heterocycles. The molecule has 2 saturated heterocycles. The molecule has 25 heavy (non-hydrogen) atoms. The predicted octanol–water partition coefficient (Wildman–Crippen LogP) is 2.92. The molecule has 0 aromatic carbocycles. The highest BCUT2D eigenvalue weighted by Crippen LogP contribution is 2.33. The first-order valence-corrected chi connectivity index (χ1v) is 9.48. The van der Waals surface area contributed by atoms with E-state index in [1.165, 1.54) is 11.3 Å². The Morgan fingerprint density at radius 3 is 2.80 bits per heavy atom. The summed E-state index contributed by atoms with van der Waals surface area (Å²) in [5.74, 6) is 0. The molecule has 2 aliphatic heterocycles. The minimum Gasteiger partial charge on any atom is -0.444 e. The minimum absolute atomic E-state index is 0.00248. The summed E-state index contributed by atoms with van der Waals surface area (Å²) in [6, 6.07) is 2.44. The number of fused-ring (bicyclic) bond motifs is 1. The molecule has 3 heterocycles.